The molecule has 6 heteroatoms. The van der Waals surface area contributed by atoms with Crippen LogP contribution < -0.4 is 0 Å². The molecule has 0 radical (unpaired) electrons. The van der Waals surface area contributed by atoms with Crippen LogP contribution in [0, 0.1) is 0 Å². The molecule has 0 aromatic carbocycles. The summed E-state index contributed by atoms with van der Waals surface area (Å²) in [5.41, 5.74) is 0. The molecule has 0 aliphatic heterocycles. The van der Waals surface area contributed by atoms with Crippen LogP contribution in [0.3, 0.4) is 0 Å². The molecular weight excluding hydrogens is 937 g/mol. The summed E-state index contributed by atoms with van der Waals surface area (Å²) in [6.45, 7) is 6.59. The lowest BCUT2D eigenvalue weighted by Crippen LogP contribution is -2.30. The van der Waals surface area contributed by atoms with E-state index in [-0.39, 0.29) is 31.1 Å². The Morgan fingerprint density at radius 2 is 0.474 bits per heavy atom. The maximum absolute atomic E-state index is 12.9. The highest BCUT2D eigenvalue weighted by Crippen LogP contribution is 2.17. The van der Waals surface area contributed by atoms with Gasteiger partial charge in [0.25, 0.3) is 0 Å². The summed E-state index contributed by atoms with van der Waals surface area (Å²) in [6, 6.07) is 0. The van der Waals surface area contributed by atoms with Crippen molar-refractivity contribution in [2.24, 2.45) is 0 Å². The molecule has 0 fully saturated rings. The molecular formula is C70H124O6. The SMILES string of the molecule is CCCCC/C=C\C/C=C\C/C=C\CCCCCCCCC(=O)OC(COC(=O)CCCCCCCCCC)COC(=O)CCCCCCCCCCCCCCCCCC/C=C\C/C=C\C/C=C\CCCCCCC. The molecule has 0 saturated heterocycles. The van der Waals surface area contributed by atoms with Gasteiger partial charge in [-0.2, -0.15) is 0 Å². The highest BCUT2D eigenvalue weighted by Gasteiger charge is 2.19. The quantitative estimate of drug-likeness (QED) is 0.0261. The Morgan fingerprint density at radius 1 is 0.263 bits per heavy atom. The molecule has 6 nitrogen and oxygen atoms in total. The summed E-state index contributed by atoms with van der Waals surface area (Å²) in [4.78, 5) is 38.1. The van der Waals surface area contributed by atoms with Gasteiger partial charge in [-0.1, -0.05) is 293 Å². The van der Waals surface area contributed by atoms with Gasteiger partial charge in [0, 0.05) is 19.3 Å². The van der Waals surface area contributed by atoms with Gasteiger partial charge >= 0.3 is 17.9 Å². The van der Waals surface area contributed by atoms with Gasteiger partial charge in [0.15, 0.2) is 6.10 Å². The van der Waals surface area contributed by atoms with Crippen molar-refractivity contribution < 1.29 is 28.6 Å². The molecule has 0 saturated carbocycles. The number of carbonyl (C=O) groups is 3. The fourth-order valence-corrected chi connectivity index (χ4v) is 9.46. The molecule has 0 aliphatic carbocycles. The van der Waals surface area contributed by atoms with E-state index in [1.54, 1.807) is 0 Å². The van der Waals surface area contributed by atoms with E-state index in [1.807, 2.05) is 0 Å². The summed E-state index contributed by atoms with van der Waals surface area (Å²) >= 11 is 0. The standard InChI is InChI=1S/C70H124O6/c1-4-7-10-13-16-19-21-23-25-27-29-30-31-32-33-34-35-36-37-38-39-40-42-43-45-47-49-51-54-57-60-63-69(72)75-66-67(65-74-68(71)62-59-56-53-18-15-12-9-6-3)76-70(73)64-61-58-55-52-50-48-46-44-41-28-26-24-22-20-17-14-11-8-5-2/h17,20-21,23-24,26-27,29,31-32,41,44,67H,4-16,18-19,22,25,28,30,33-40,42-43,45-66H2,1-3H3/b20-17-,23-21-,26-24-,29-27-,32-31-,44-41-. The Morgan fingerprint density at radius 3 is 0.763 bits per heavy atom. The summed E-state index contributed by atoms with van der Waals surface area (Å²) in [7, 11) is 0. The highest BCUT2D eigenvalue weighted by atomic mass is 16.6. The zero-order valence-electron chi connectivity index (χ0n) is 50.5. The number of carbonyl (C=O) groups excluding carboxylic acids is 3. The molecule has 0 bridgehead atoms. The Bertz CT molecular complexity index is 1400. The van der Waals surface area contributed by atoms with E-state index in [2.05, 4.69) is 93.7 Å². The number of rotatable bonds is 60. The van der Waals surface area contributed by atoms with Crippen molar-refractivity contribution in [3.05, 3.63) is 72.9 Å². The first-order valence-corrected chi connectivity index (χ1v) is 32.9. The zero-order chi connectivity index (χ0) is 55.0. The number of hydrogen-bond acceptors (Lipinski definition) is 6. The molecule has 76 heavy (non-hydrogen) atoms. The first-order valence-electron chi connectivity index (χ1n) is 32.9. The van der Waals surface area contributed by atoms with Gasteiger partial charge in [-0.05, 0) is 96.3 Å². The largest absolute Gasteiger partial charge is 0.462 e. The van der Waals surface area contributed by atoms with E-state index in [0.717, 1.165) is 96.3 Å². The lowest BCUT2D eigenvalue weighted by molar-refractivity contribution is -0.167. The smallest absolute Gasteiger partial charge is 0.306 e. The number of hydrogen-bond donors (Lipinski definition) is 0. The van der Waals surface area contributed by atoms with Crippen LogP contribution in [0.4, 0.5) is 0 Å². The van der Waals surface area contributed by atoms with Crippen molar-refractivity contribution in [3.8, 4) is 0 Å². The topological polar surface area (TPSA) is 78.9 Å². The van der Waals surface area contributed by atoms with Gasteiger partial charge in [0.2, 0.25) is 0 Å². The summed E-state index contributed by atoms with van der Waals surface area (Å²) in [5, 5.41) is 0. The molecule has 0 N–H and O–H groups in total. The second-order valence-corrected chi connectivity index (χ2v) is 22.0. The monoisotopic (exact) mass is 1060 g/mol. The van der Waals surface area contributed by atoms with Crippen LogP contribution in [-0.4, -0.2) is 37.2 Å². The number of unbranched alkanes of at least 4 members (excludes halogenated alkanes) is 37. The van der Waals surface area contributed by atoms with Gasteiger partial charge in [-0.3, -0.25) is 14.4 Å². The molecule has 1 unspecified atom stereocenters. The maximum atomic E-state index is 12.9. The Kier molecular flexibility index (Phi) is 61.7. The van der Waals surface area contributed by atoms with E-state index in [9.17, 15) is 14.4 Å². The Hall–Kier alpha value is -3.15. The molecule has 440 valence electrons. The van der Waals surface area contributed by atoms with Crippen LogP contribution in [0.1, 0.15) is 335 Å². The number of ether oxygens (including phenoxy) is 3. The van der Waals surface area contributed by atoms with Crippen molar-refractivity contribution in [2.75, 3.05) is 13.2 Å². The maximum Gasteiger partial charge on any atom is 0.306 e. The average Bonchev–Trinajstić information content (AvgIpc) is 3.42. The zero-order valence-corrected chi connectivity index (χ0v) is 50.5. The predicted molar refractivity (Wildman–Crippen MR) is 330 cm³/mol. The second kappa shape index (κ2) is 64.4. The van der Waals surface area contributed by atoms with Gasteiger partial charge in [0.05, 0.1) is 0 Å². The summed E-state index contributed by atoms with van der Waals surface area (Å²) < 4.78 is 16.9. The normalized spacial score (nSPS) is 12.5. The van der Waals surface area contributed by atoms with Crippen molar-refractivity contribution in [1.29, 1.82) is 0 Å². The first kappa shape index (κ1) is 72.8. The minimum Gasteiger partial charge on any atom is -0.462 e. The van der Waals surface area contributed by atoms with E-state index < -0.39 is 6.10 Å². The van der Waals surface area contributed by atoms with Gasteiger partial charge in [0.1, 0.15) is 13.2 Å². The third-order valence-electron chi connectivity index (χ3n) is 14.4. The molecule has 0 heterocycles. The summed E-state index contributed by atoms with van der Waals surface area (Å²) in [6.07, 6.45) is 83.6. The molecule has 0 rings (SSSR count). The lowest BCUT2D eigenvalue weighted by Gasteiger charge is -2.18. The van der Waals surface area contributed by atoms with Crippen LogP contribution in [0.5, 0.6) is 0 Å². The Labute approximate surface area is 472 Å². The first-order chi connectivity index (χ1) is 37.5. The molecule has 1 atom stereocenters. The fourth-order valence-electron chi connectivity index (χ4n) is 9.46. The van der Waals surface area contributed by atoms with E-state index in [4.69, 9.17) is 14.2 Å². The van der Waals surface area contributed by atoms with Crippen LogP contribution >= 0.6 is 0 Å². The molecule has 0 amide bonds. The van der Waals surface area contributed by atoms with E-state index in [1.165, 1.54) is 199 Å². The highest BCUT2D eigenvalue weighted by molar-refractivity contribution is 5.71. The van der Waals surface area contributed by atoms with Crippen molar-refractivity contribution in [2.45, 2.75) is 341 Å². The predicted octanol–water partition coefficient (Wildman–Crippen LogP) is 22.5. The number of allylic oxidation sites excluding steroid dienone is 12. The van der Waals surface area contributed by atoms with Crippen LogP contribution in [-0.2, 0) is 28.6 Å². The molecule has 0 aliphatic rings. The van der Waals surface area contributed by atoms with Crippen LogP contribution in [0.2, 0.25) is 0 Å². The molecule has 0 aromatic heterocycles. The second-order valence-electron chi connectivity index (χ2n) is 22.0. The third-order valence-corrected chi connectivity index (χ3v) is 14.4. The van der Waals surface area contributed by atoms with E-state index in [0.29, 0.717) is 19.3 Å². The summed E-state index contributed by atoms with van der Waals surface area (Å²) in [5.74, 6) is -0.881. The molecule has 0 aromatic rings. The van der Waals surface area contributed by atoms with Crippen molar-refractivity contribution in [1.82, 2.24) is 0 Å². The van der Waals surface area contributed by atoms with E-state index >= 15 is 0 Å². The fraction of sp³-hybridized carbons (Fsp3) is 0.786. The van der Waals surface area contributed by atoms with Crippen LogP contribution in [0.25, 0.3) is 0 Å². The lowest BCUT2D eigenvalue weighted by atomic mass is 10.0. The van der Waals surface area contributed by atoms with Gasteiger partial charge < -0.3 is 14.2 Å². The van der Waals surface area contributed by atoms with Crippen LogP contribution in [0.15, 0.2) is 72.9 Å². The van der Waals surface area contributed by atoms with Gasteiger partial charge in [-0.25, -0.2) is 0 Å². The Balaban J connectivity index is 4.10. The molecule has 0 spiro atoms. The van der Waals surface area contributed by atoms with Crippen molar-refractivity contribution in [3.63, 3.8) is 0 Å². The third kappa shape index (κ3) is 61.7. The minimum atomic E-state index is -0.779. The van der Waals surface area contributed by atoms with Gasteiger partial charge in [-0.15, -0.1) is 0 Å². The van der Waals surface area contributed by atoms with Crippen molar-refractivity contribution >= 4 is 17.9 Å². The number of esters is 3. The minimum absolute atomic E-state index is 0.0777. The average molecular weight is 1060 g/mol.